The lowest BCUT2D eigenvalue weighted by Crippen LogP contribution is -2.09. The molecular formula is C48H39N. The summed E-state index contributed by atoms with van der Waals surface area (Å²) in [6.45, 7) is 8.82. The van der Waals surface area contributed by atoms with Crippen molar-refractivity contribution < 1.29 is 0 Å². The molecule has 0 spiro atoms. The van der Waals surface area contributed by atoms with Gasteiger partial charge in [0.25, 0.3) is 0 Å². The van der Waals surface area contributed by atoms with Crippen LogP contribution in [0.5, 0.6) is 0 Å². The Hall–Kier alpha value is -5.92. The van der Waals surface area contributed by atoms with Gasteiger partial charge in [-0.05, 0) is 130 Å². The van der Waals surface area contributed by atoms with Crippen LogP contribution in [0.4, 0.5) is 17.1 Å². The van der Waals surface area contributed by atoms with Gasteiger partial charge in [-0.15, -0.1) is 0 Å². The van der Waals surface area contributed by atoms with Crippen molar-refractivity contribution in [3.8, 4) is 33.4 Å². The smallest absolute Gasteiger partial charge is 0.0462 e. The van der Waals surface area contributed by atoms with Crippen molar-refractivity contribution in [2.45, 2.75) is 27.7 Å². The van der Waals surface area contributed by atoms with Crippen LogP contribution in [0.25, 0.3) is 54.9 Å². The Morgan fingerprint density at radius 2 is 0.673 bits per heavy atom. The van der Waals surface area contributed by atoms with E-state index in [0.717, 1.165) is 17.1 Å². The third-order valence-corrected chi connectivity index (χ3v) is 9.84. The first kappa shape index (κ1) is 30.4. The Bertz CT molecular complexity index is 2440. The number of nitrogens with zero attached hydrogens (tertiary/aromatic N) is 1. The number of para-hydroxylation sites is 1. The molecule has 0 heterocycles. The molecule has 0 aliphatic rings. The van der Waals surface area contributed by atoms with Gasteiger partial charge in [0, 0.05) is 17.1 Å². The molecule has 0 saturated heterocycles. The highest BCUT2D eigenvalue weighted by Crippen LogP contribution is 2.45. The number of hydrogen-bond donors (Lipinski definition) is 0. The summed E-state index contributed by atoms with van der Waals surface area (Å²) in [5.74, 6) is 0. The predicted octanol–water partition coefficient (Wildman–Crippen LogP) is 13.7. The third-order valence-electron chi connectivity index (χ3n) is 9.84. The van der Waals surface area contributed by atoms with Crippen molar-refractivity contribution in [2.75, 3.05) is 4.90 Å². The largest absolute Gasteiger partial charge is 0.311 e. The average Bonchev–Trinajstić information content (AvgIpc) is 3.14. The first-order valence-corrected chi connectivity index (χ1v) is 17.1. The summed E-state index contributed by atoms with van der Waals surface area (Å²) in [5.41, 5.74) is 16.1. The highest BCUT2D eigenvalue weighted by Gasteiger charge is 2.19. The zero-order chi connectivity index (χ0) is 33.5. The monoisotopic (exact) mass is 629 g/mol. The summed E-state index contributed by atoms with van der Waals surface area (Å²) in [6.07, 6.45) is 0. The van der Waals surface area contributed by atoms with Crippen molar-refractivity contribution in [1.29, 1.82) is 0 Å². The van der Waals surface area contributed by atoms with Crippen LogP contribution in [-0.4, -0.2) is 0 Å². The van der Waals surface area contributed by atoms with Crippen LogP contribution in [0, 0.1) is 27.7 Å². The van der Waals surface area contributed by atoms with Crippen molar-refractivity contribution in [3.63, 3.8) is 0 Å². The summed E-state index contributed by atoms with van der Waals surface area (Å²) in [5, 5.41) is 5.12. The Labute approximate surface area is 289 Å². The first-order valence-electron chi connectivity index (χ1n) is 17.1. The van der Waals surface area contributed by atoms with Gasteiger partial charge < -0.3 is 4.90 Å². The van der Waals surface area contributed by atoms with E-state index in [0.29, 0.717) is 0 Å². The summed E-state index contributed by atoms with van der Waals surface area (Å²) >= 11 is 0. The molecule has 0 aromatic heterocycles. The molecule has 0 amide bonds. The van der Waals surface area contributed by atoms with E-state index >= 15 is 0 Å². The Balaban J connectivity index is 1.26. The minimum Gasteiger partial charge on any atom is -0.311 e. The lowest BCUT2D eigenvalue weighted by Gasteiger charge is -2.26. The highest BCUT2D eigenvalue weighted by molar-refractivity contribution is 6.14. The van der Waals surface area contributed by atoms with Crippen LogP contribution in [-0.2, 0) is 0 Å². The quantitative estimate of drug-likeness (QED) is 0.177. The number of fused-ring (bicyclic) bond motifs is 2. The predicted molar refractivity (Wildman–Crippen MR) is 211 cm³/mol. The summed E-state index contributed by atoms with van der Waals surface area (Å²) in [7, 11) is 0. The van der Waals surface area contributed by atoms with Gasteiger partial charge in [-0.1, -0.05) is 139 Å². The normalized spacial score (nSPS) is 11.3. The summed E-state index contributed by atoms with van der Waals surface area (Å²) in [6, 6.07) is 59.9. The average molecular weight is 630 g/mol. The van der Waals surface area contributed by atoms with Crippen LogP contribution in [0.1, 0.15) is 22.3 Å². The maximum absolute atomic E-state index is 2.39. The van der Waals surface area contributed by atoms with E-state index < -0.39 is 0 Å². The number of anilines is 3. The van der Waals surface area contributed by atoms with Crippen LogP contribution >= 0.6 is 0 Å². The molecule has 49 heavy (non-hydrogen) atoms. The van der Waals surface area contributed by atoms with Gasteiger partial charge in [-0.3, -0.25) is 0 Å². The topological polar surface area (TPSA) is 3.24 Å². The maximum Gasteiger partial charge on any atom is 0.0462 e. The molecule has 0 aliphatic carbocycles. The Morgan fingerprint density at radius 1 is 0.327 bits per heavy atom. The van der Waals surface area contributed by atoms with E-state index in [1.807, 2.05) is 0 Å². The van der Waals surface area contributed by atoms with Gasteiger partial charge in [0.15, 0.2) is 0 Å². The second kappa shape index (κ2) is 12.6. The standard InChI is InChI=1S/C48H39N/c1-32-18-22-36(23-19-32)45-30-34(3)47(43-16-10-8-14-41(43)45)48-35(4)31-46(42-15-9-11-17-44(42)48)37-24-28-40(29-25-37)49(38-12-6-5-7-13-38)39-26-20-33(2)21-27-39/h5-31H,1-4H3. The van der Waals surface area contributed by atoms with E-state index in [1.54, 1.807) is 0 Å². The van der Waals surface area contributed by atoms with Crippen molar-refractivity contribution >= 4 is 38.6 Å². The zero-order valence-corrected chi connectivity index (χ0v) is 28.5. The molecule has 0 bridgehead atoms. The highest BCUT2D eigenvalue weighted by atomic mass is 15.1. The fraction of sp³-hybridized carbons (Fsp3) is 0.0833. The lowest BCUT2D eigenvalue weighted by atomic mass is 9.83. The zero-order valence-electron chi connectivity index (χ0n) is 28.5. The number of rotatable bonds is 6. The van der Waals surface area contributed by atoms with Crippen molar-refractivity contribution in [2.24, 2.45) is 0 Å². The number of aryl methyl sites for hydroxylation is 4. The fourth-order valence-corrected chi connectivity index (χ4v) is 7.41. The molecule has 236 valence electrons. The second-order valence-electron chi connectivity index (χ2n) is 13.2. The molecule has 8 aromatic rings. The van der Waals surface area contributed by atoms with Gasteiger partial charge in [0.1, 0.15) is 0 Å². The van der Waals surface area contributed by atoms with Crippen LogP contribution < -0.4 is 4.90 Å². The molecule has 0 fully saturated rings. The molecule has 1 nitrogen and oxygen atoms in total. The molecule has 0 unspecified atom stereocenters. The SMILES string of the molecule is Cc1ccc(-c2cc(C)c(-c3c(C)cc(-c4ccc(N(c5ccccc5)c5ccc(C)cc5)cc4)c4ccccc34)c3ccccc23)cc1. The summed E-state index contributed by atoms with van der Waals surface area (Å²) in [4.78, 5) is 2.32. The molecule has 8 rings (SSSR count). The second-order valence-corrected chi connectivity index (χ2v) is 13.2. The van der Waals surface area contributed by atoms with Gasteiger partial charge in [0.2, 0.25) is 0 Å². The number of benzene rings is 8. The Morgan fingerprint density at radius 3 is 1.14 bits per heavy atom. The van der Waals surface area contributed by atoms with Crippen LogP contribution in [0.15, 0.2) is 164 Å². The molecule has 0 atom stereocenters. The van der Waals surface area contributed by atoms with Gasteiger partial charge in [-0.25, -0.2) is 0 Å². The van der Waals surface area contributed by atoms with E-state index in [9.17, 15) is 0 Å². The maximum atomic E-state index is 2.39. The van der Waals surface area contributed by atoms with E-state index in [1.165, 1.54) is 77.2 Å². The molecule has 8 aromatic carbocycles. The van der Waals surface area contributed by atoms with E-state index in [4.69, 9.17) is 0 Å². The fourth-order valence-electron chi connectivity index (χ4n) is 7.41. The molecule has 0 N–H and O–H groups in total. The first-order chi connectivity index (χ1) is 24.0. The number of hydrogen-bond acceptors (Lipinski definition) is 1. The van der Waals surface area contributed by atoms with Crippen LogP contribution in [0.3, 0.4) is 0 Å². The minimum absolute atomic E-state index is 1.13. The summed E-state index contributed by atoms with van der Waals surface area (Å²) < 4.78 is 0. The van der Waals surface area contributed by atoms with E-state index in [-0.39, 0.29) is 0 Å². The third kappa shape index (κ3) is 5.58. The van der Waals surface area contributed by atoms with E-state index in [2.05, 4.69) is 196 Å². The minimum atomic E-state index is 1.13. The Kier molecular flexibility index (Phi) is 7.82. The van der Waals surface area contributed by atoms with Crippen LogP contribution in [0.2, 0.25) is 0 Å². The van der Waals surface area contributed by atoms with Gasteiger partial charge >= 0.3 is 0 Å². The molecule has 0 radical (unpaired) electrons. The van der Waals surface area contributed by atoms with Crippen molar-refractivity contribution in [1.82, 2.24) is 0 Å². The molecule has 1 heteroatoms. The molecular weight excluding hydrogens is 591 g/mol. The lowest BCUT2D eigenvalue weighted by molar-refractivity contribution is 1.27. The van der Waals surface area contributed by atoms with Gasteiger partial charge in [0.05, 0.1) is 0 Å². The molecule has 0 saturated carbocycles. The molecule has 0 aliphatic heterocycles. The van der Waals surface area contributed by atoms with Crippen molar-refractivity contribution in [3.05, 3.63) is 186 Å². The van der Waals surface area contributed by atoms with Gasteiger partial charge in [-0.2, -0.15) is 0 Å².